The summed E-state index contributed by atoms with van der Waals surface area (Å²) in [6.45, 7) is 13.7. The molecule has 0 bridgehead atoms. The number of rotatable bonds is 44. The van der Waals surface area contributed by atoms with Crippen LogP contribution in [0.25, 0.3) is 0 Å². The van der Waals surface area contributed by atoms with Crippen molar-refractivity contribution >= 4 is 17.8 Å². The van der Waals surface area contributed by atoms with E-state index in [0.29, 0.717) is 26.0 Å². The molecule has 2 unspecified atom stereocenters. The largest absolute Gasteiger partial charge is 0.455 e. The predicted octanol–water partition coefficient (Wildman–Crippen LogP) is 11.7. The van der Waals surface area contributed by atoms with Crippen LogP contribution in [-0.4, -0.2) is 92.8 Å². The first-order valence-corrected chi connectivity index (χ1v) is 24.3. The number of primary amides is 1. The Hall–Kier alpha value is -2.23. The average molecular weight is 820 g/mol. The van der Waals surface area contributed by atoms with Crippen LogP contribution in [0, 0.1) is 0 Å². The molecule has 0 spiro atoms. The van der Waals surface area contributed by atoms with Crippen LogP contribution in [-0.2, 0) is 28.6 Å². The van der Waals surface area contributed by atoms with Gasteiger partial charge in [-0.15, -0.1) is 0 Å². The number of hydrogen-bond acceptors (Lipinski definition) is 8. The molecule has 0 heterocycles. The van der Waals surface area contributed by atoms with Crippen molar-refractivity contribution in [2.24, 2.45) is 5.73 Å². The van der Waals surface area contributed by atoms with E-state index >= 15 is 0 Å². The number of amides is 1. The average Bonchev–Trinajstić information content (AvgIpc) is 3.21. The predicted molar refractivity (Wildman–Crippen MR) is 244 cm³/mol. The molecule has 2 atom stereocenters. The first-order chi connectivity index (χ1) is 28.3. The molecule has 0 aromatic heterocycles. The number of nitrogens with two attached hydrogens (primary N) is 1. The van der Waals surface area contributed by atoms with Crippen molar-refractivity contribution in [1.29, 1.82) is 0 Å². The van der Waals surface area contributed by atoms with Crippen LogP contribution in [0.5, 0.6) is 0 Å². The van der Waals surface area contributed by atoms with E-state index in [1.165, 1.54) is 89.9 Å². The molecule has 0 aliphatic heterocycles. The third-order valence-corrected chi connectivity index (χ3v) is 11.0. The fourth-order valence-corrected chi connectivity index (χ4v) is 6.99. The summed E-state index contributed by atoms with van der Waals surface area (Å²) >= 11 is 0. The van der Waals surface area contributed by atoms with Gasteiger partial charge in [0.1, 0.15) is 0 Å². The van der Waals surface area contributed by atoms with Gasteiger partial charge in [0, 0.05) is 32.5 Å². The van der Waals surface area contributed by atoms with Gasteiger partial charge in [-0.05, 0) is 84.3 Å². The van der Waals surface area contributed by atoms with Gasteiger partial charge in [-0.1, -0.05) is 155 Å². The molecule has 0 saturated carbocycles. The number of ether oxygens (including phenoxy) is 3. The van der Waals surface area contributed by atoms with E-state index in [-0.39, 0.29) is 19.4 Å². The fourth-order valence-electron chi connectivity index (χ4n) is 6.99. The van der Waals surface area contributed by atoms with Crippen LogP contribution < -0.4 is 5.73 Å². The number of unbranched alkanes of at least 4 members (excludes halogenated alkanes) is 22. The van der Waals surface area contributed by atoms with Gasteiger partial charge in [-0.2, -0.15) is 0 Å². The minimum atomic E-state index is -1.39. The topological polar surface area (TPSA) is 111 Å². The maximum atomic E-state index is 13.0. The van der Waals surface area contributed by atoms with Gasteiger partial charge in [0.2, 0.25) is 6.10 Å². The minimum Gasteiger partial charge on any atom is -0.455 e. The highest BCUT2D eigenvalue weighted by Crippen LogP contribution is 2.15. The van der Waals surface area contributed by atoms with Crippen molar-refractivity contribution in [2.75, 3.05) is 53.0 Å². The van der Waals surface area contributed by atoms with Crippen LogP contribution in [0.4, 0.5) is 0 Å². The number of esters is 2. The lowest BCUT2D eigenvalue weighted by Gasteiger charge is -2.26. The normalized spacial score (nSPS) is 12.9. The van der Waals surface area contributed by atoms with Crippen molar-refractivity contribution in [3.63, 3.8) is 0 Å². The molecule has 2 N–H and O–H groups in total. The lowest BCUT2D eigenvalue weighted by molar-refractivity contribution is -0.176. The Bertz CT molecular complexity index is 1000. The van der Waals surface area contributed by atoms with E-state index in [4.69, 9.17) is 19.9 Å². The zero-order valence-electron chi connectivity index (χ0n) is 38.6. The van der Waals surface area contributed by atoms with E-state index in [1.54, 1.807) is 0 Å². The van der Waals surface area contributed by atoms with Gasteiger partial charge < -0.3 is 29.7 Å². The minimum absolute atomic E-state index is 0.0731. The van der Waals surface area contributed by atoms with Gasteiger partial charge in [-0.25, -0.2) is 0 Å². The van der Waals surface area contributed by atoms with Crippen molar-refractivity contribution in [3.8, 4) is 0 Å². The molecule has 0 aliphatic carbocycles. The van der Waals surface area contributed by atoms with Crippen LogP contribution in [0.1, 0.15) is 207 Å². The Kier molecular flexibility index (Phi) is 41.2. The molecule has 9 heteroatoms. The lowest BCUT2D eigenvalue weighted by Crippen LogP contribution is -2.47. The molecule has 0 saturated heterocycles. The third-order valence-electron chi connectivity index (χ3n) is 11.0. The number of nitrogens with zero attached hydrogens (tertiary/aromatic N) is 2. The summed E-state index contributed by atoms with van der Waals surface area (Å²) < 4.78 is 17.3. The fraction of sp³-hybridized carbons (Fsp3) is 0.857. The van der Waals surface area contributed by atoms with Crippen LogP contribution in [0.3, 0.4) is 0 Å². The highest BCUT2D eigenvalue weighted by atomic mass is 16.6. The number of carbonyl (C=O) groups excluding carboxylic acids is 3. The molecule has 58 heavy (non-hydrogen) atoms. The number of hydrogen-bond donors (Lipinski definition) is 1. The van der Waals surface area contributed by atoms with E-state index in [9.17, 15) is 14.4 Å². The molecule has 0 radical (unpaired) electrons. The second kappa shape index (κ2) is 42.9. The maximum Gasteiger partial charge on any atom is 0.306 e. The van der Waals surface area contributed by atoms with Crippen molar-refractivity contribution in [2.45, 2.75) is 220 Å². The van der Waals surface area contributed by atoms with Gasteiger partial charge in [-0.3, -0.25) is 14.4 Å². The molecule has 1 amide bonds. The highest BCUT2D eigenvalue weighted by Gasteiger charge is 2.34. The molecular weight excluding hydrogens is 727 g/mol. The van der Waals surface area contributed by atoms with Gasteiger partial charge >= 0.3 is 11.9 Å². The molecular formula is C49H93N3O6. The zero-order valence-corrected chi connectivity index (χ0v) is 38.6. The summed E-state index contributed by atoms with van der Waals surface area (Å²) in [5.41, 5.74) is 5.74. The van der Waals surface area contributed by atoms with Gasteiger partial charge in [0.25, 0.3) is 5.91 Å². The molecule has 0 aliphatic rings. The monoisotopic (exact) mass is 820 g/mol. The molecule has 0 rings (SSSR count). The van der Waals surface area contributed by atoms with E-state index in [2.05, 4.69) is 61.8 Å². The van der Waals surface area contributed by atoms with Crippen LogP contribution >= 0.6 is 0 Å². The zero-order chi connectivity index (χ0) is 42.7. The van der Waals surface area contributed by atoms with E-state index in [0.717, 1.165) is 90.4 Å². The van der Waals surface area contributed by atoms with Crippen molar-refractivity contribution < 1.29 is 28.6 Å². The Morgan fingerprint density at radius 2 is 0.914 bits per heavy atom. The molecule has 0 aromatic rings. The summed E-state index contributed by atoms with van der Waals surface area (Å²) in [5.74, 6) is -1.77. The smallest absolute Gasteiger partial charge is 0.306 e. The summed E-state index contributed by atoms with van der Waals surface area (Å²) in [4.78, 5) is 43.0. The van der Waals surface area contributed by atoms with Crippen molar-refractivity contribution in [3.05, 3.63) is 24.3 Å². The molecule has 9 nitrogen and oxygen atoms in total. The lowest BCUT2D eigenvalue weighted by atomic mass is 10.1. The van der Waals surface area contributed by atoms with E-state index < -0.39 is 30.1 Å². The van der Waals surface area contributed by atoms with Gasteiger partial charge in [0.05, 0.1) is 13.2 Å². The Morgan fingerprint density at radius 1 is 0.517 bits per heavy atom. The Morgan fingerprint density at radius 3 is 1.33 bits per heavy atom. The van der Waals surface area contributed by atoms with Crippen molar-refractivity contribution in [1.82, 2.24) is 9.80 Å². The number of carbonyl (C=O) groups is 3. The molecule has 340 valence electrons. The first-order valence-electron chi connectivity index (χ1n) is 24.3. The van der Waals surface area contributed by atoms with Gasteiger partial charge in [0.15, 0.2) is 6.10 Å². The second-order valence-corrected chi connectivity index (χ2v) is 16.4. The molecule has 0 aromatic carbocycles. The van der Waals surface area contributed by atoms with Crippen LogP contribution in [0.2, 0.25) is 0 Å². The standard InChI is InChI=1S/C49H93N3O6/c1-6-10-12-14-16-18-20-22-24-26-28-30-32-34-36-38-46(53)57-45(44-56-43-42-51(5)40-41-52(8-3)9-4)48(49(50)55)58-47(54)39-37-35-33-31-29-27-25-23-21-19-17-15-13-11-7-2/h22-25,45,48H,6-21,26-44H2,1-5H3,(H2,50,55)/b24-22-,25-23-. The SMILES string of the molecule is CCCCCCCC/C=C\CCCCCCCC(=O)OC(COCCN(C)CCN(CC)CC)C(OC(=O)CCCCCCC/C=C\CCCCCCCC)C(N)=O. The summed E-state index contributed by atoms with van der Waals surface area (Å²) in [7, 11) is 2.04. The van der Waals surface area contributed by atoms with Crippen LogP contribution in [0.15, 0.2) is 24.3 Å². The first kappa shape index (κ1) is 55.8. The quantitative estimate of drug-likeness (QED) is 0.0367. The number of allylic oxidation sites excluding steroid dienone is 4. The summed E-state index contributed by atoms with van der Waals surface area (Å²) in [6.07, 6.45) is 37.7. The molecule has 0 fully saturated rings. The summed E-state index contributed by atoms with van der Waals surface area (Å²) in [5, 5.41) is 0. The summed E-state index contributed by atoms with van der Waals surface area (Å²) in [6, 6.07) is 0. The Labute approximate surface area is 358 Å². The van der Waals surface area contributed by atoms with E-state index in [1.807, 2.05) is 7.05 Å². The highest BCUT2D eigenvalue weighted by molar-refractivity contribution is 5.83. The maximum absolute atomic E-state index is 13.0. The third kappa shape index (κ3) is 36.8. The number of likely N-dealkylation sites (N-methyl/N-ethyl adjacent to an activating group) is 2. The Balaban J connectivity index is 4.70. The second-order valence-electron chi connectivity index (χ2n) is 16.4.